The first-order valence-corrected chi connectivity index (χ1v) is 16.4. The molecule has 4 aromatic rings. The molecule has 47 heavy (non-hydrogen) atoms. The summed E-state index contributed by atoms with van der Waals surface area (Å²) in [4.78, 5) is 5.19. The minimum atomic E-state index is -1.72. The van der Waals surface area contributed by atoms with Crippen LogP contribution in [0.5, 0.6) is 17.2 Å². The van der Waals surface area contributed by atoms with Crippen molar-refractivity contribution in [3.63, 3.8) is 0 Å². The number of aromatic hydroxyl groups is 1. The normalized spacial score (nSPS) is 13.5. The Morgan fingerprint density at radius 1 is 0.638 bits per heavy atom. The molecule has 0 saturated carbocycles. The number of hydrogen-bond donors (Lipinski definition) is 2. The van der Waals surface area contributed by atoms with Crippen LogP contribution in [0.2, 0.25) is 0 Å². The number of nitrogens with zero attached hydrogens (tertiary/aromatic N) is 1. The number of methoxy groups -OCH3 is 2. The van der Waals surface area contributed by atoms with E-state index < -0.39 is 11.6 Å². The Bertz CT molecular complexity index is 1640. The van der Waals surface area contributed by atoms with Gasteiger partial charge in [-0.25, -0.2) is 0 Å². The van der Waals surface area contributed by atoms with Gasteiger partial charge < -0.3 is 19.7 Å². The van der Waals surface area contributed by atoms with Gasteiger partial charge in [0.2, 0.25) is 0 Å². The minimum absolute atomic E-state index is 0.186. The standard InChI is InChI=1S/C42H53NO4/c1-39(2,3)30-20-22-35(46-10)33(25-30)42(45,34-26-31(40(4,5)6)21-23-36(34)47-11)37(24-28-16-13-12-14-17-28)43-27-29-18-15-19-32(38(29)44)41(7,8)9/h12-23,25-27,37,44-45H,24H2,1-11H3. The first kappa shape index (κ1) is 35.8. The van der Waals surface area contributed by atoms with Crippen LogP contribution in [-0.2, 0) is 28.3 Å². The molecule has 4 aromatic carbocycles. The zero-order valence-corrected chi connectivity index (χ0v) is 30.1. The summed E-state index contributed by atoms with van der Waals surface area (Å²) < 4.78 is 12.0. The van der Waals surface area contributed by atoms with Crippen LogP contribution >= 0.6 is 0 Å². The van der Waals surface area contributed by atoms with Gasteiger partial charge in [-0.05, 0) is 75.3 Å². The lowest BCUT2D eigenvalue weighted by Crippen LogP contribution is -2.42. The molecule has 5 heteroatoms. The summed E-state index contributed by atoms with van der Waals surface area (Å²) in [6.07, 6.45) is 2.10. The molecule has 0 fully saturated rings. The SMILES string of the molecule is COc1ccc(C(C)(C)C)cc1C(O)(c1cc(C(C)(C)C)ccc1OC)C(Cc1ccccc1)N=Cc1cccc(C(C)(C)C)c1O. The number of phenols is 1. The molecular formula is C42H53NO4. The maximum absolute atomic E-state index is 13.7. The van der Waals surface area contributed by atoms with E-state index in [-0.39, 0.29) is 22.0 Å². The molecular weight excluding hydrogens is 582 g/mol. The smallest absolute Gasteiger partial charge is 0.144 e. The van der Waals surface area contributed by atoms with E-state index in [9.17, 15) is 10.2 Å². The predicted molar refractivity (Wildman–Crippen MR) is 195 cm³/mol. The second-order valence-corrected chi connectivity index (χ2v) is 15.6. The van der Waals surface area contributed by atoms with E-state index in [1.54, 1.807) is 20.4 Å². The number of ether oxygens (including phenoxy) is 2. The Labute approximate surface area is 282 Å². The van der Waals surface area contributed by atoms with Gasteiger partial charge in [-0.15, -0.1) is 0 Å². The molecule has 0 radical (unpaired) electrons. The van der Waals surface area contributed by atoms with E-state index in [1.165, 1.54) is 0 Å². The Balaban J connectivity index is 2.12. The summed E-state index contributed by atoms with van der Waals surface area (Å²) in [6, 6.07) is 27.1. The van der Waals surface area contributed by atoms with E-state index in [4.69, 9.17) is 14.5 Å². The maximum atomic E-state index is 13.7. The van der Waals surface area contributed by atoms with Crippen LogP contribution in [0.3, 0.4) is 0 Å². The Hall–Kier alpha value is -4.09. The van der Waals surface area contributed by atoms with Crippen LogP contribution in [0.15, 0.2) is 89.9 Å². The molecule has 1 unspecified atom stereocenters. The number of hydrogen-bond acceptors (Lipinski definition) is 5. The highest BCUT2D eigenvalue weighted by molar-refractivity contribution is 5.84. The van der Waals surface area contributed by atoms with Gasteiger partial charge >= 0.3 is 0 Å². The van der Waals surface area contributed by atoms with Gasteiger partial charge in [-0.2, -0.15) is 0 Å². The lowest BCUT2D eigenvalue weighted by atomic mass is 9.73. The van der Waals surface area contributed by atoms with Gasteiger partial charge in [0, 0.05) is 22.9 Å². The summed E-state index contributed by atoms with van der Waals surface area (Å²) in [5.74, 6) is 1.29. The molecule has 0 aliphatic rings. The molecule has 0 heterocycles. The molecule has 0 aliphatic carbocycles. The Kier molecular flexibility index (Phi) is 10.3. The van der Waals surface area contributed by atoms with Crippen molar-refractivity contribution in [3.8, 4) is 17.2 Å². The zero-order valence-electron chi connectivity index (χ0n) is 30.1. The maximum Gasteiger partial charge on any atom is 0.144 e. The molecule has 0 spiro atoms. The van der Waals surface area contributed by atoms with Crippen LogP contribution in [0.25, 0.3) is 0 Å². The summed E-state index contributed by atoms with van der Waals surface area (Å²) >= 11 is 0. The van der Waals surface area contributed by atoms with Crippen molar-refractivity contribution in [2.45, 2.75) is 96.6 Å². The Morgan fingerprint density at radius 2 is 1.15 bits per heavy atom. The number of benzene rings is 4. The van der Waals surface area contributed by atoms with Crippen molar-refractivity contribution in [2.75, 3.05) is 14.2 Å². The van der Waals surface area contributed by atoms with Crippen LogP contribution in [0.1, 0.15) is 101 Å². The van der Waals surface area contributed by atoms with Crippen molar-refractivity contribution in [2.24, 2.45) is 4.99 Å². The first-order chi connectivity index (χ1) is 21.9. The molecule has 4 rings (SSSR count). The quantitative estimate of drug-likeness (QED) is 0.180. The fourth-order valence-corrected chi connectivity index (χ4v) is 6.04. The second kappa shape index (κ2) is 13.6. The highest BCUT2D eigenvalue weighted by atomic mass is 16.5. The lowest BCUT2D eigenvalue weighted by molar-refractivity contribution is 0.0475. The van der Waals surface area contributed by atoms with E-state index in [2.05, 4.69) is 74.4 Å². The van der Waals surface area contributed by atoms with Crippen LogP contribution in [0.4, 0.5) is 0 Å². The molecule has 1 atom stereocenters. The molecule has 0 saturated heterocycles. The third-order valence-electron chi connectivity index (χ3n) is 8.98. The molecule has 0 amide bonds. The number of aliphatic hydroxyl groups is 1. The monoisotopic (exact) mass is 635 g/mol. The number of rotatable bonds is 9. The van der Waals surface area contributed by atoms with E-state index >= 15 is 0 Å². The topological polar surface area (TPSA) is 71.3 Å². The summed E-state index contributed by atoms with van der Waals surface area (Å²) in [6.45, 7) is 19.2. The van der Waals surface area contributed by atoms with Crippen molar-refractivity contribution in [1.82, 2.24) is 0 Å². The largest absolute Gasteiger partial charge is 0.507 e. The average molecular weight is 636 g/mol. The fourth-order valence-electron chi connectivity index (χ4n) is 6.04. The number of phenolic OH excluding ortho intramolecular Hbond substituents is 1. The molecule has 0 aromatic heterocycles. The minimum Gasteiger partial charge on any atom is -0.507 e. The molecule has 2 N–H and O–H groups in total. The Morgan fingerprint density at radius 3 is 1.60 bits per heavy atom. The highest BCUT2D eigenvalue weighted by Gasteiger charge is 2.45. The van der Waals surface area contributed by atoms with Crippen molar-refractivity contribution in [1.29, 1.82) is 0 Å². The number of para-hydroxylation sites is 1. The predicted octanol–water partition coefficient (Wildman–Crippen LogP) is 9.27. The molecule has 250 valence electrons. The molecule has 0 bridgehead atoms. The zero-order chi connectivity index (χ0) is 34.8. The van der Waals surface area contributed by atoms with Gasteiger partial charge in [-0.3, -0.25) is 4.99 Å². The van der Waals surface area contributed by atoms with Crippen LogP contribution < -0.4 is 9.47 Å². The van der Waals surface area contributed by atoms with Gasteiger partial charge in [-0.1, -0.05) is 117 Å². The van der Waals surface area contributed by atoms with E-state index in [0.29, 0.717) is 34.6 Å². The molecule has 5 nitrogen and oxygen atoms in total. The lowest BCUT2D eigenvalue weighted by Gasteiger charge is -2.38. The fraction of sp³-hybridized carbons (Fsp3) is 0.405. The van der Waals surface area contributed by atoms with Gasteiger partial charge in [0.05, 0.1) is 20.3 Å². The van der Waals surface area contributed by atoms with Crippen molar-refractivity contribution in [3.05, 3.63) is 124 Å². The molecule has 0 aliphatic heterocycles. The first-order valence-electron chi connectivity index (χ1n) is 16.4. The van der Waals surface area contributed by atoms with Crippen LogP contribution in [0, 0.1) is 0 Å². The third kappa shape index (κ3) is 7.73. The highest BCUT2D eigenvalue weighted by Crippen LogP contribution is 2.47. The third-order valence-corrected chi connectivity index (χ3v) is 8.98. The summed E-state index contributed by atoms with van der Waals surface area (Å²) in [5, 5.41) is 25.1. The van der Waals surface area contributed by atoms with Gasteiger partial charge in [0.15, 0.2) is 0 Å². The van der Waals surface area contributed by atoms with Gasteiger partial charge in [0.1, 0.15) is 22.8 Å². The second-order valence-electron chi connectivity index (χ2n) is 15.6. The van der Waals surface area contributed by atoms with Crippen LogP contribution in [-0.4, -0.2) is 36.7 Å². The van der Waals surface area contributed by atoms with E-state index in [1.807, 2.05) is 72.8 Å². The van der Waals surface area contributed by atoms with Crippen molar-refractivity contribution < 1.29 is 19.7 Å². The summed E-state index contributed by atoms with van der Waals surface area (Å²) in [5.41, 5.74) is 3.35. The van der Waals surface area contributed by atoms with Crippen molar-refractivity contribution >= 4 is 6.21 Å². The number of aliphatic imine (C=N–C) groups is 1. The average Bonchev–Trinajstić information content (AvgIpc) is 3.01. The summed E-state index contributed by atoms with van der Waals surface area (Å²) in [7, 11) is 3.26. The van der Waals surface area contributed by atoms with Gasteiger partial charge in [0.25, 0.3) is 0 Å². The van der Waals surface area contributed by atoms with E-state index in [0.717, 1.165) is 22.3 Å².